The molecular weight excluding hydrogens is 396 g/mol. The molecule has 2 aromatic rings. The van der Waals surface area contributed by atoms with Crippen molar-refractivity contribution in [1.29, 1.82) is 0 Å². The SMILES string of the molecule is C=CCN1C(=O)C(=Cc2ccc(OC)c(COc3c(C)cccc3C)c2)CNC1=S. The number of carbonyl (C=O) groups excluding carboxylic acids is 1. The number of methoxy groups -OCH3 is 1. The Morgan fingerprint density at radius 2 is 1.97 bits per heavy atom. The highest BCUT2D eigenvalue weighted by molar-refractivity contribution is 7.80. The van der Waals surface area contributed by atoms with Crippen molar-refractivity contribution >= 4 is 29.3 Å². The van der Waals surface area contributed by atoms with E-state index in [4.69, 9.17) is 21.7 Å². The van der Waals surface area contributed by atoms with Crippen LogP contribution in [-0.4, -0.2) is 36.1 Å². The Kier molecular flexibility index (Phi) is 6.90. The van der Waals surface area contributed by atoms with Gasteiger partial charge in [0.2, 0.25) is 0 Å². The van der Waals surface area contributed by atoms with Crippen LogP contribution in [0, 0.1) is 13.8 Å². The molecule has 1 aliphatic rings. The molecule has 30 heavy (non-hydrogen) atoms. The fourth-order valence-electron chi connectivity index (χ4n) is 3.39. The summed E-state index contributed by atoms with van der Waals surface area (Å²) >= 11 is 5.23. The Morgan fingerprint density at radius 3 is 2.63 bits per heavy atom. The fraction of sp³-hybridized carbons (Fsp3) is 0.250. The molecule has 1 fully saturated rings. The van der Waals surface area contributed by atoms with Crippen molar-refractivity contribution in [3.63, 3.8) is 0 Å². The van der Waals surface area contributed by atoms with Crippen molar-refractivity contribution in [3.05, 3.63) is 76.9 Å². The molecule has 0 saturated carbocycles. The average Bonchev–Trinajstić information content (AvgIpc) is 2.73. The van der Waals surface area contributed by atoms with Gasteiger partial charge in [0, 0.05) is 24.2 Å². The largest absolute Gasteiger partial charge is 0.496 e. The van der Waals surface area contributed by atoms with Crippen LogP contribution in [0.3, 0.4) is 0 Å². The number of carbonyl (C=O) groups is 1. The minimum absolute atomic E-state index is 0.109. The first kappa shape index (κ1) is 21.6. The lowest BCUT2D eigenvalue weighted by molar-refractivity contribution is -0.123. The second-order valence-corrected chi connectivity index (χ2v) is 7.50. The van der Waals surface area contributed by atoms with Gasteiger partial charge in [0.1, 0.15) is 18.1 Å². The van der Waals surface area contributed by atoms with E-state index in [1.54, 1.807) is 13.2 Å². The van der Waals surface area contributed by atoms with Crippen LogP contribution in [0.1, 0.15) is 22.3 Å². The van der Waals surface area contributed by atoms with Crippen LogP contribution >= 0.6 is 12.2 Å². The molecule has 0 aromatic heterocycles. The highest BCUT2D eigenvalue weighted by atomic mass is 32.1. The highest BCUT2D eigenvalue weighted by Crippen LogP contribution is 2.27. The molecule has 0 radical (unpaired) electrons. The molecule has 1 saturated heterocycles. The monoisotopic (exact) mass is 422 g/mol. The molecule has 2 aromatic carbocycles. The number of thiocarbonyl (C=S) groups is 1. The summed E-state index contributed by atoms with van der Waals surface area (Å²) in [4.78, 5) is 14.3. The number of amides is 1. The van der Waals surface area contributed by atoms with E-state index in [0.29, 0.717) is 30.4 Å². The van der Waals surface area contributed by atoms with Crippen molar-refractivity contribution in [2.45, 2.75) is 20.5 Å². The molecule has 5 nitrogen and oxygen atoms in total. The number of hydrogen-bond acceptors (Lipinski definition) is 4. The minimum Gasteiger partial charge on any atom is -0.496 e. The first-order chi connectivity index (χ1) is 14.4. The molecule has 0 spiro atoms. The number of aryl methyl sites for hydroxylation is 2. The van der Waals surface area contributed by atoms with Gasteiger partial charge < -0.3 is 14.8 Å². The Labute approximate surface area is 183 Å². The molecule has 1 N–H and O–H groups in total. The lowest BCUT2D eigenvalue weighted by Crippen LogP contribution is -2.51. The van der Waals surface area contributed by atoms with E-state index in [2.05, 4.69) is 11.9 Å². The maximum Gasteiger partial charge on any atom is 0.258 e. The smallest absolute Gasteiger partial charge is 0.258 e. The molecule has 156 valence electrons. The van der Waals surface area contributed by atoms with Crippen molar-refractivity contribution in [2.75, 3.05) is 20.2 Å². The topological polar surface area (TPSA) is 50.8 Å². The van der Waals surface area contributed by atoms with E-state index in [0.717, 1.165) is 33.8 Å². The van der Waals surface area contributed by atoms with Gasteiger partial charge in [-0.25, -0.2) is 0 Å². The zero-order valence-corrected chi connectivity index (χ0v) is 18.3. The predicted octanol–water partition coefficient (Wildman–Crippen LogP) is 4.18. The van der Waals surface area contributed by atoms with E-state index < -0.39 is 0 Å². The Bertz CT molecular complexity index is 993. The number of benzene rings is 2. The summed E-state index contributed by atoms with van der Waals surface area (Å²) < 4.78 is 11.6. The van der Waals surface area contributed by atoms with Crippen LogP contribution < -0.4 is 14.8 Å². The zero-order valence-electron chi connectivity index (χ0n) is 17.5. The van der Waals surface area contributed by atoms with Crippen molar-refractivity contribution in [1.82, 2.24) is 10.2 Å². The van der Waals surface area contributed by atoms with E-state index in [9.17, 15) is 4.79 Å². The predicted molar refractivity (Wildman–Crippen MR) is 124 cm³/mol. The third-order valence-corrected chi connectivity index (χ3v) is 5.30. The summed E-state index contributed by atoms with van der Waals surface area (Å²) in [6, 6.07) is 11.9. The maximum absolute atomic E-state index is 12.8. The molecule has 1 heterocycles. The van der Waals surface area contributed by atoms with Crippen LogP contribution in [0.4, 0.5) is 0 Å². The summed E-state index contributed by atoms with van der Waals surface area (Å²) in [7, 11) is 1.64. The van der Waals surface area contributed by atoms with Crippen molar-refractivity contribution < 1.29 is 14.3 Å². The number of nitrogens with one attached hydrogen (secondary N) is 1. The number of hydrogen-bond donors (Lipinski definition) is 1. The number of para-hydroxylation sites is 1. The quantitative estimate of drug-likeness (QED) is 0.412. The Morgan fingerprint density at radius 1 is 1.23 bits per heavy atom. The first-order valence-electron chi connectivity index (χ1n) is 9.71. The average molecular weight is 423 g/mol. The third kappa shape index (κ3) is 4.71. The van der Waals surface area contributed by atoms with Crippen molar-refractivity contribution in [2.24, 2.45) is 0 Å². The van der Waals surface area contributed by atoms with Gasteiger partial charge in [-0.2, -0.15) is 0 Å². The molecule has 0 atom stereocenters. The van der Waals surface area contributed by atoms with Gasteiger partial charge in [-0.1, -0.05) is 30.3 Å². The molecule has 0 bridgehead atoms. The Balaban J connectivity index is 1.85. The number of ether oxygens (including phenoxy) is 2. The highest BCUT2D eigenvalue weighted by Gasteiger charge is 2.26. The van der Waals surface area contributed by atoms with Gasteiger partial charge in [0.05, 0.1) is 7.11 Å². The van der Waals surface area contributed by atoms with Crippen LogP contribution in [0.2, 0.25) is 0 Å². The van der Waals surface area contributed by atoms with E-state index in [-0.39, 0.29) is 5.91 Å². The molecule has 3 rings (SSSR count). The van der Waals surface area contributed by atoms with E-state index >= 15 is 0 Å². The van der Waals surface area contributed by atoms with E-state index in [1.165, 1.54) is 4.90 Å². The second-order valence-electron chi connectivity index (χ2n) is 7.11. The lowest BCUT2D eigenvalue weighted by atomic mass is 10.0. The standard InChI is InChI=1S/C24H26N2O3S/c1-5-11-26-23(27)19(14-25-24(26)30)12-18-9-10-21(28-4)20(13-18)15-29-22-16(2)7-6-8-17(22)3/h5-10,12-13H,1,11,14-15H2,2-4H3,(H,25,30). The maximum atomic E-state index is 12.8. The summed E-state index contributed by atoms with van der Waals surface area (Å²) in [5.74, 6) is 1.51. The summed E-state index contributed by atoms with van der Waals surface area (Å²) in [6.07, 6.45) is 3.53. The summed E-state index contributed by atoms with van der Waals surface area (Å²) in [5.41, 5.74) is 4.61. The minimum atomic E-state index is -0.109. The van der Waals surface area contributed by atoms with Gasteiger partial charge in [-0.3, -0.25) is 9.69 Å². The lowest BCUT2D eigenvalue weighted by Gasteiger charge is -2.29. The third-order valence-electron chi connectivity index (χ3n) is 4.93. The molecule has 0 unspecified atom stereocenters. The normalized spacial score (nSPS) is 15.2. The van der Waals surface area contributed by atoms with E-state index in [1.807, 2.05) is 56.3 Å². The first-order valence-corrected chi connectivity index (χ1v) is 10.1. The summed E-state index contributed by atoms with van der Waals surface area (Å²) in [5, 5.41) is 3.51. The Hall–Kier alpha value is -3.12. The zero-order chi connectivity index (χ0) is 21.7. The summed E-state index contributed by atoms with van der Waals surface area (Å²) in [6.45, 7) is 8.89. The van der Waals surface area contributed by atoms with Crippen LogP contribution in [0.15, 0.2) is 54.6 Å². The van der Waals surface area contributed by atoms with Gasteiger partial charge in [0.25, 0.3) is 5.91 Å². The van der Waals surface area contributed by atoms with Gasteiger partial charge in [-0.05, 0) is 61.0 Å². The molecule has 1 aliphatic heterocycles. The molecule has 1 amide bonds. The fourth-order valence-corrected chi connectivity index (χ4v) is 3.62. The van der Waals surface area contributed by atoms with Gasteiger partial charge >= 0.3 is 0 Å². The molecule has 6 heteroatoms. The molecular formula is C24H26N2O3S. The van der Waals surface area contributed by atoms with Crippen LogP contribution in [-0.2, 0) is 11.4 Å². The second kappa shape index (κ2) is 9.59. The van der Waals surface area contributed by atoms with Gasteiger partial charge in [-0.15, -0.1) is 6.58 Å². The molecule has 0 aliphatic carbocycles. The number of nitrogens with zero attached hydrogens (tertiary/aromatic N) is 1. The van der Waals surface area contributed by atoms with Gasteiger partial charge in [0.15, 0.2) is 5.11 Å². The van der Waals surface area contributed by atoms with Crippen LogP contribution in [0.5, 0.6) is 11.5 Å². The number of rotatable bonds is 7. The van der Waals surface area contributed by atoms with Crippen molar-refractivity contribution in [3.8, 4) is 11.5 Å². The van der Waals surface area contributed by atoms with Crippen LogP contribution in [0.25, 0.3) is 6.08 Å².